The monoisotopic (exact) mass is 346 g/mol. The molecule has 1 aromatic carbocycles. The summed E-state index contributed by atoms with van der Waals surface area (Å²) in [7, 11) is 0. The summed E-state index contributed by atoms with van der Waals surface area (Å²) in [6.07, 6.45) is 4.16. The van der Waals surface area contributed by atoms with Gasteiger partial charge in [-0.2, -0.15) is 0 Å². The van der Waals surface area contributed by atoms with Crippen LogP contribution in [0.1, 0.15) is 46.0 Å². The molecule has 1 atom stereocenters. The fraction of sp³-hybridized carbons (Fsp3) is 0.600. The van der Waals surface area contributed by atoms with Crippen LogP contribution in [0.5, 0.6) is 0 Å². The molecule has 0 unspecified atom stereocenters. The molecule has 0 bridgehead atoms. The van der Waals surface area contributed by atoms with E-state index in [0.717, 1.165) is 37.9 Å². The van der Waals surface area contributed by atoms with E-state index in [1.165, 1.54) is 0 Å². The summed E-state index contributed by atoms with van der Waals surface area (Å²) in [5.74, 6) is 0.400. The van der Waals surface area contributed by atoms with E-state index in [9.17, 15) is 9.59 Å². The van der Waals surface area contributed by atoms with Gasteiger partial charge in [0.2, 0.25) is 5.91 Å². The summed E-state index contributed by atoms with van der Waals surface area (Å²) in [5, 5.41) is 0. The van der Waals surface area contributed by atoms with Crippen molar-refractivity contribution in [3.05, 3.63) is 30.3 Å². The van der Waals surface area contributed by atoms with Crippen LogP contribution in [0.15, 0.2) is 30.3 Å². The van der Waals surface area contributed by atoms with Gasteiger partial charge in [0, 0.05) is 31.7 Å². The van der Waals surface area contributed by atoms with Gasteiger partial charge in [-0.1, -0.05) is 38.5 Å². The van der Waals surface area contributed by atoms with Crippen molar-refractivity contribution in [2.75, 3.05) is 31.1 Å². The summed E-state index contributed by atoms with van der Waals surface area (Å²) in [5.41, 5.74) is 0.928. The zero-order valence-electron chi connectivity index (χ0n) is 15.4. The molecule has 0 saturated carbocycles. The molecule has 0 aliphatic carbocycles. The summed E-state index contributed by atoms with van der Waals surface area (Å²) in [4.78, 5) is 28.2. The molecule has 0 aromatic heterocycles. The van der Waals surface area contributed by atoms with Crippen molar-refractivity contribution in [3.63, 3.8) is 0 Å². The van der Waals surface area contributed by atoms with Crippen molar-refractivity contribution in [2.24, 2.45) is 5.92 Å². The van der Waals surface area contributed by atoms with Gasteiger partial charge in [-0.25, -0.2) is 4.79 Å². The Balaban J connectivity index is 1.97. The van der Waals surface area contributed by atoms with E-state index in [2.05, 4.69) is 6.92 Å². The fourth-order valence-corrected chi connectivity index (χ4v) is 3.18. The maximum Gasteiger partial charge on any atom is 0.409 e. The summed E-state index contributed by atoms with van der Waals surface area (Å²) < 4.78 is 5.33. The zero-order chi connectivity index (χ0) is 18.1. The number of likely N-dealkylation sites (tertiary alicyclic amines) is 1. The molecule has 1 heterocycles. The SMILES string of the molecule is CCCCOC(=O)N1CCC[C@H](CN(C(=O)CC)c2ccccc2)C1. The highest BCUT2D eigenvalue weighted by molar-refractivity contribution is 5.93. The molecule has 0 radical (unpaired) electrons. The van der Waals surface area contributed by atoms with Crippen LogP contribution in [0, 0.1) is 5.92 Å². The van der Waals surface area contributed by atoms with E-state index in [-0.39, 0.29) is 17.9 Å². The second kappa shape index (κ2) is 10.1. The fourth-order valence-electron chi connectivity index (χ4n) is 3.18. The maximum absolute atomic E-state index is 12.4. The van der Waals surface area contributed by atoms with Crippen LogP contribution < -0.4 is 4.90 Å². The Morgan fingerprint density at radius 2 is 2.00 bits per heavy atom. The van der Waals surface area contributed by atoms with Gasteiger partial charge in [0.05, 0.1) is 6.61 Å². The number of ether oxygens (including phenoxy) is 1. The lowest BCUT2D eigenvalue weighted by Crippen LogP contribution is -2.45. The average molecular weight is 346 g/mol. The summed E-state index contributed by atoms with van der Waals surface area (Å²) >= 11 is 0. The molecule has 138 valence electrons. The molecule has 2 amide bonds. The number of amides is 2. The molecule has 0 spiro atoms. The quantitative estimate of drug-likeness (QED) is 0.699. The zero-order valence-corrected chi connectivity index (χ0v) is 15.4. The van der Waals surface area contributed by atoms with E-state index in [1.807, 2.05) is 42.2 Å². The Morgan fingerprint density at radius 3 is 2.68 bits per heavy atom. The number of hydrogen-bond acceptors (Lipinski definition) is 3. The third kappa shape index (κ3) is 5.76. The second-order valence-electron chi connectivity index (χ2n) is 6.62. The molecule has 1 aliphatic rings. The van der Waals surface area contributed by atoms with E-state index >= 15 is 0 Å². The number of piperidine rings is 1. The average Bonchev–Trinajstić information content (AvgIpc) is 2.66. The van der Waals surface area contributed by atoms with Crippen LogP contribution in [0.2, 0.25) is 0 Å². The van der Waals surface area contributed by atoms with Gasteiger partial charge >= 0.3 is 6.09 Å². The van der Waals surface area contributed by atoms with Crippen molar-refractivity contribution >= 4 is 17.7 Å². The number of carbonyl (C=O) groups excluding carboxylic acids is 2. The Labute approximate surface area is 150 Å². The van der Waals surface area contributed by atoms with Crippen molar-refractivity contribution in [1.29, 1.82) is 0 Å². The summed E-state index contributed by atoms with van der Waals surface area (Å²) in [6, 6.07) is 9.78. The number of nitrogens with zero attached hydrogens (tertiary/aromatic N) is 2. The first-order valence-corrected chi connectivity index (χ1v) is 9.42. The predicted molar refractivity (Wildman–Crippen MR) is 99.6 cm³/mol. The van der Waals surface area contributed by atoms with Gasteiger partial charge in [0.25, 0.3) is 0 Å². The molecule has 1 saturated heterocycles. The molecular formula is C20H30N2O3. The minimum Gasteiger partial charge on any atom is -0.449 e. The standard InChI is InChI=1S/C20H30N2O3/c1-3-5-14-25-20(24)21-13-9-10-17(15-21)16-22(19(23)4-2)18-11-7-6-8-12-18/h6-8,11-12,17H,3-5,9-10,13-16H2,1-2H3/t17-/m0/s1. The van der Waals surface area contributed by atoms with Crippen LogP contribution in [0.25, 0.3) is 0 Å². The van der Waals surface area contributed by atoms with E-state index in [4.69, 9.17) is 4.74 Å². The van der Waals surface area contributed by atoms with Crippen LogP contribution in [-0.4, -0.2) is 43.1 Å². The number of rotatable bonds is 7. The molecular weight excluding hydrogens is 316 g/mol. The molecule has 5 heteroatoms. The molecule has 1 fully saturated rings. The van der Waals surface area contributed by atoms with Crippen molar-refractivity contribution in [1.82, 2.24) is 4.90 Å². The van der Waals surface area contributed by atoms with Gasteiger partial charge in [-0.05, 0) is 37.3 Å². The third-order valence-corrected chi connectivity index (χ3v) is 4.61. The van der Waals surface area contributed by atoms with Crippen LogP contribution >= 0.6 is 0 Å². The van der Waals surface area contributed by atoms with Crippen molar-refractivity contribution in [3.8, 4) is 0 Å². The third-order valence-electron chi connectivity index (χ3n) is 4.61. The highest BCUT2D eigenvalue weighted by Gasteiger charge is 2.27. The van der Waals surface area contributed by atoms with E-state index in [0.29, 0.717) is 26.1 Å². The van der Waals surface area contributed by atoms with Gasteiger partial charge in [-0.15, -0.1) is 0 Å². The van der Waals surface area contributed by atoms with Crippen LogP contribution in [0.4, 0.5) is 10.5 Å². The Morgan fingerprint density at radius 1 is 1.24 bits per heavy atom. The van der Waals surface area contributed by atoms with Crippen molar-refractivity contribution in [2.45, 2.75) is 46.0 Å². The first-order valence-electron chi connectivity index (χ1n) is 9.42. The van der Waals surface area contributed by atoms with E-state index < -0.39 is 0 Å². The van der Waals surface area contributed by atoms with Crippen LogP contribution in [0.3, 0.4) is 0 Å². The number of hydrogen-bond donors (Lipinski definition) is 0. The lowest BCUT2D eigenvalue weighted by molar-refractivity contribution is -0.118. The molecule has 1 aromatic rings. The second-order valence-corrected chi connectivity index (χ2v) is 6.62. The maximum atomic E-state index is 12.4. The lowest BCUT2D eigenvalue weighted by Gasteiger charge is -2.35. The van der Waals surface area contributed by atoms with Gasteiger partial charge in [0.15, 0.2) is 0 Å². The van der Waals surface area contributed by atoms with Crippen molar-refractivity contribution < 1.29 is 14.3 Å². The Kier molecular flexibility index (Phi) is 7.76. The topological polar surface area (TPSA) is 49.9 Å². The number of unbranched alkanes of at least 4 members (excludes halogenated alkanes) is 1. The van der Waals surface area contributed by atoms with Crippen LogP contribution in [-0.2, 0) is 9.53 Å². The minimum atomic E-state index is -0.216. The number of para-hydroxylation sites is 1. The molecule has 2 rings (SSSR count). The highest BCUT2D eigenvalue weighted by Crippen LogP contribution is 2.22. The van der Waals surface area contributed by atoms with Gasteiger partial charge in [0.1, 0.15) is 0 Å². The number of benzene rings is 1. The van der Waals surface area contributed by atoms with Gasteiger partial charge in [-0.3, -0.25) is 4.79 Å². The highest BCUT2D eigenvalue weighted by atomic mass is 16.6. The first kappa shape index (κ1) is 19.3. The Bertz CT molecular complexity index is 547. The lowest BCUT2D eigenvalue weighted by atomic mass is 9.97. The molecule has 1 aliphatic heterocycles. The summed E-state index contributed by atoms with van der Waals surface area (Å²) in [6.45, 7) is 6.50. The largest absolute Gasteiger partial charge is 0.449 e. The predicted octanol–water partition coefficient (Wildman–Crippen LogP) is 4.08. The minimum absolute atomic E-state index is 0.119. The first-order chi connectivity index (χ1) is 12.2. The molecule has 0 N–H and O–H groups in total. The normalized spacial score (nSPS) is 17.2. The number of carbonyl (C=O) groups is 2. The Hall–Kier alpha value is -2.04. The van der Waals surface area contributed by atoms with Gasteiger partial charge < -0.3 is 14.5 Å². The number of anilines is 1. The molecule has 25 heavy (non-hydrogen) atoms. The smallest absolute Gasteiger partial charge is 0.409 e. The molecule has 5 nitrogen and oxygen atoms in total. The van der Waals surface area contributed by atoms with E-state index in [1.54, 1.807) is 4.90 Å².